The fourth-order valence-corrected chi connectivity index (χ4v) is 3.18. The van der Waals surface area contributed by atoms with E-state index in [2.05, 4.69) is 23.5 Å². The van der Waals surface area contributed by atoms with E-state index in [-0.39, 0.29) is 5.41 Å². The summed E-state index contributed by atoms with van der Waals surface area (Å²) in [5, 5.41) is 13.0. The fourth-order valence-electron chi connectivity index (χ4n) is 3.18. The molecule has 2 aliphatic rings. The molecule has 1 aromatic carbocycles. The van der Waals surface area contributed by atoms with Crippen LogP contribution in [0.15, 0.2) is 30.3 Å². The molecule has 3 rings (SSSR count). The van der Waals surface area contributed by atoms with Gasteiger partial charge in [-0.1, -0.05) is 30.3 Å². The first-order valence-electron chi connectivity index (χ1n) is 7.14. The van der Waals surface area contributed by atoms with Gasteiger partial charge in [-0.3, -0.25) is 0 Å². The molecule has 1 atom stereocenters. The third kappa shape index (κ3) is 2.51. The molecule has 1 heterocycles. The van der Waals surface area contributed by atoms with Crippen molar-refractivity contribution in [3.8, 4) is 6.07 Å². The van der Waals surface area contributed by atoms with Crippen LogP contribution in [0.3, 0.4) is 0 Å². The van der Waals surface area contributed by atoms with Crippen LogP contribution < -0.4 is 5.32 Å². The van der Waals surface area contributed by atoms with Gasteiger partial charge in [0, 0.05) is 19.2 Å². The number of hydrogen-bond acceptors (Lipinski definition) is 3. The van der Waals surface area contributed by atoms with Gasteiger partial charge in [-0.05, 0) is 31.2 Å². The first-order chi connectivity index (χ1) is 9.32. The zero-order valence-corrected chi connectivity index (χ0v) is 11.1. The molecule has 3 heteroatoms. The molecule has 0 amide bonds. The molecule has 1 aromatic rings. The van der Waals surface area contributed by atoms with Crippen molar-refractivity contribution < 1.29 is 4.74 Å². The Labute approximate surface area is 114 Å². The molecule has 0 radical (unpaired) electrons. The van der Waals surface area contributed by atoms with Gasteiger partial charge in [0.05, 0.1) is 17.6 Å². The number of rotatable bonds is 4. The molecule has 0 spiro atoms. The zero-order valence-electron chi connectivity index (χ0n) is 11.1. The maximum Gasteiger partial charge on any atom is 0.0852 e. The Morgan fingerprint density at radius 1 is 1.32 bits per heavy atom. The fraction of sp³-hybridized carbons (Fsp3) is 0.562. The minimum absolute atomic E-state index is 0.268. The van der Waals surface area contributed by atoms with Crippen molar-refractivity contribution in [2.24, 2.45) is 0 Å². The second-order valence-corrected chi connectivity index (χ2v) is 5.71. The lowest BCUT2D eigenvalue weighted by molar-refractivity contribution is 0.0985. The highest BCUT2D eigenvalue weighted by Crippen LogP contribution is 2.43. The number of ether oxygens (including phenoxy) is 1. The van der Waals surface area contributed by atoms with Crippen LogP contribution in [0.4, 0.5) is 0 Å². The van der Waals surface area contributed by atoms with Gasteiger partial charge in [-0.15, -0.1) is 0 Å². The Kier molecular flexibility index (Phi) is 3.54. The number of hydrogen-bond donors (Lipinski definition) is 1. The number of benzene rings is 1. The smallest absolute Gasteiger partial charge is 0.0852 e. The van der Waals surface area contributed by atoms with Crippen molar-refractivity contribution in [3.05, 3.63) is 35.9 Å². The summed E-state index contributed by atoms with van der Waals surface area (Å²) in [6, 6.07) is 13.1. The van der Waals surface area contributed by atoms with Crippen molar-refractivity contribution in [1.82, 2.24) is 5.32 Å². The minimum Gasteiger partial charge on any atom is -0.377 e. The van der Waals surface area contributed by atoms with Crippen molar-refractivity contribution >= 4 is 0 Å². The monoisotopic (exact) mass is 256 g/mol. The summed E-state index contributed by atoms with van der Waals surface area (Å²) < 4.78 is 5.61. The lowest BCUT2D eigenvalue weighted by Gasteiger charge is -2.43. The van der Waals surface area contributed by atoms with E-state index >= 15 is 0 Å². The van der Waals surface area contributed by atoms with Crippen LogP contribution in [-0.4, -0.2) is 25.3 Å². The number of nitriles is 1. The van der Waals surface area contributed by atoms with E-state index < -0.39 is 0 Å². The SMILES string of the molecule is N#CC1(c2ccccc2)CC(NCC2CCCO2)C1. The maximum absolute atomic E-state index is 9.49. The standard InChI is InChI=1S/C16H20N2O/c17-12-16(13-5-2-1-3-6-13)9-14(10-16)18-11-15-7-4-8-19-15/h1-3,5-6,14-15,18H,4,7-11H2. The van der Waals surface area contributed by atoms with Gasteiger partial charge in [0.2, 0.25) is 0 Å². The predicted octanol–water partition coefficient (Wildman–Crippen LogP) is 2.38. The second kappa shape index (κ2) is 5.32. The van der Waals surface area contributed by atoms with Gasteiger partial charge < -0.3 is 10.1 Å². The van der Waals surface area contributed by atoms with Crippen LogP contribution in [0.25, 0.3) is 0 Å². The molecule has 1 unspecified atom stereocenters. The molecule has 100 valence electrons. The highest BCUT2D eigenvalue weighted by Gasteiger charge is 2.45. The molecule has 1 saturated heterocycles. The molecule has 3 nitrogen and oxygen atoms in total. The average Bonchev–Trinajstić information content (AvgIpc) is 2.92. The summed E-state index contributed by atoms with van der Waals surface area (Å²) in [6.45, 7) is 1.84. The summed E-state index contributed by atoms with van der Waals surface area (Å²) in [7, 11) is 0. The van der Waals surface area contributed by atoms with Gasteiger partial charge in [0.15, 0.2) is 0 Å². The normalized spacial score (nSPS) is 33.6. The number of nitrogens with zero attached hydrogens (tertiary/aromatic N) is 1. The van der Waals surface area contributed by atoms with E-state index in [0.717, 1.165) is 31.6 Å². The van der Waals surface area contributed by atoms with Crippen LogP contribution in [0.2, 0.25) is 0 Å². The van der Waals surface area contributed by atoms with Crippen molar-refractivity contribution in [2.45, 2.75) is 43.2 Å². The Morgan fingerprint density at radius 2 is 2.11 bits per heavy atom. The molecule has 1 saturated carbocycles. The summed E-state index contributed by atoms with van der Waals surface area (Å²) in [4.78, 5) is 0. The molecule has 1 aliphatic carbocycles. The Bertz CT molecular complexity index is 453. The summed E-state index contributed by atoms with van der Waals surface area (Å²) >= 11 is 0. The average molecular weight is 256 g/mol. The summed E-state index contributed by atoms with van der Waals surface area (Å²) in [5.74, 6) is 0. The molecule has 0 bridgehead atoms. The van der Waals surface area contributed by atoms with Crippen LogP contribution in [-0.2, 0) is 10.2 Å². The largest absolute Gasteiger partial charge is 0.377 e. The molecule has 0 aromatic heterocycles. The first-order valence-corrected chi connectivity index (χ1v) is 7.14. The number of nitrogens with one attached hydrogen (secondary N) is 1. The van der Waals surface area contributed by atoms with E-state index in [1.807, 2.05) is 18.2 Å². The molecular formula is C16H20N2O. The van der Waals surface area contributed by atoms with Gasteiger partial charge in [0.25, 0.3) is 0 Å². The van der Waals surface area contributed by atoms with E-state index in [1.165, 1.54) is 12.8 Å². The van der Waals surface area contributed by atoms with E-state index in [9.17, 15) is 5.26 Å². The third-order valence-electron chi connectivity index (χ3n) is 4.39. The zero-order chi connectivity index (χ0) is 13.1. The lowest BCUT2D eigenvalue weighted by Crippen LogP contribution is -2.52. The second-order valence-electron chi connectivity index (χ2n) is 5.71. The highest BCUT2D eigenvalue weighted by molar-refractivity contribution is 5.36. The lowest BCUT2D eigenvalue weighted by atomic mass is 9.62. The van der Waals surface area contributed by atoms with Gasteiger partial charge in [0.1, 0.15) is 0 Å². The van der Waals surface area contributed by atoms with Gasteiger partial charge >= 0.3 is 0 Å². The maximum atomic E-state index is 9.49. The highest BCUT2D eigenvalue weighted by atomic mass is 16.5. The van der Waals surface area contributed by atoms with Gasteiger partial charge in [-0.25, -0.2) is 0 Å². The molecule has 2 fully saturated rings. The molecule has 1 N–H and O–H groups in total. The van der Waals surface area contributed by atoms with Crippen molar-refractivity contribution in [3.63, 3.8) is 0 Å². The molecule has 19 heavy (non-hydrogen) atoms. The summed E-state index contributed by atoms with van der Waals surface area (Å²) in [5.41, 5.74) is 0.891. The Balaban J connectivity index is 1.54. The minimum atomic E-state index is -0.268. The molecular weight excluding hydrogens is 236 g/mol. The predicted molar refractivity (Wildman–Crippen MR) is 73.7 cm³/mol. The van der Waals surface area contributed by atoms with Crippen molar-refractivity contribution in [2.75, 3.05) is 13.2 Å². The van der Waals surface area contributed by atoms with Gasteiger partial charge in [-0.2, -0.15) is 5.26 Å². The van der Waals surface area contributed by atoms with E-state index in [1.54, 1.807) is 0 Å². The Hall–Kier alpha value is -1.37. The quantitative estimate of drug-likeness (QED) is 0.899. The van der Waals surface area contributed by atoms with Crippen LogP contribution in [0.1, 0.15) is 31.2 Å². The first kappa shape index (κ1) is 12.7. The van der Waals surface area contributed by atoms with Crippen LogP contribution in [0, 0.1) is 11.3 Å². The molecule has 1 aliphatic heterocycles. The Morgan fingerprint density at radius 3 is 2.74 bits per heavy atom. The third-order valence-corrected chi connectivity index (χ3v) is 4.39. The van der Waals surface area contributed by atoms with E-state index in [4.69, 9.17) is 4.74 Å². The summed E-state index contributed by atoms with van der Waals surface area (Å²) in [6.07, 6.45) is 4.57. The van der Waals surface area contributed by atoms with Crippen molar-refractivity contribution in [1.29, 1.82) is 5.26 Å². The van der Waals surface area contributed by atoms with E-state index in [0.29, 0.717) is 12.1 Å². The topological polar surface area (TPSA) is 45.0 Å². The van der Waals surface area contributed by atoms with Crippen LogP contribution in [0.5, 0.6) is 0 Å². The van der Waals surface area contributed by atoms with Crippen LogP contribution >= 0.6 is 0 Å².